The van der Waals surface area contributed by atoms with Crippen LogP contribution >= 0.6 is 0 Å². The Labute approximate surface area is 129 Å². The Hall–Kier alpha value is -2.31. The Kier molecular flexibility index (Phi) is 6.15. The molecule has 1 rings (SSSR count). The number of aliphatic carboxylic acids is 1. The topological polar surface area (TPSA) is 115 Å². The molecule has 0 aliphatic rings. The number of hydrogen-bond acceptors (Lipinski definition) is 5. The number of aryl methyl sites for hydroxylation is 1. The summed E-state index contributed by atoms with van der Waals surface area (Å²) in [6.45, 7) is 5.14. The molecule has 0 aliphatic heterocycles. The van der Waals surface area contributed by atoms with Gasteiger partial charge in [0.1, 0.15) is 11.6 Å². The van der Waals surface area contributed by atoms with Gasteiger partial charge in [0.05, 0.1) is 11.4 Å². The third-order valence-corrected chi connectivity index (χ3v) is 2.82. The van der Waals surface area contributed by atoms with E-state index in [4.69, 9.17) is 15.6 Å². The van der Waals surface area contributed by atoms with Crippen molar-refractivity contribution in [2.24, 2.45) is 0 Å². The number of carbonyl (C=O) groups excluding carboxylic acids is 1. The molecule has 1 atom stereocenters. The van der Waals surface area contributed by atoms with Crippen molar-refractivity contribution >= 4 is 17.7 Å². The Morgan fingerprint density at radius 1 is 1.45 bits per heavy atom. The van der Waals surface area contributed by atoms with Crippen LogP contribution < -0.4 is 11.1 Å². The molecular formula is C15H23N3O4. The van der Waals surface area contributed by atoms with Crippen LogP contribution in [0.5, 0.6) is 0 Å². The number of nitrogens with zero attached hydrogens (tertiary/aromatic N) is 1. The second-order valence-corrected chi connectivity index (χ2v) is 5.97. The maximum atomic E-state index is 11.6. The average molecular weight is 309 g/mol. The monoisotopic (exact) mass is 309 g/mol. The molecule has 0 radical (unpaired) electrons. The quantitative estimate of drug-likeness (QED) is 0.740. The summed E-state index contributed by atoms with van der Waals surface area (Å²) in [5.74, 6) is -1.10. The van der Waals surface area contributed by atoms with Crippen molar-refractivity contribution in [1.82, 2.24) is 10.3 Å². The number of alkyl carbamates (subject to hydrolysis) is 1. The minimum Gasteiger partial charge on any atom is -0.480 e. The molecule has 0 fully saturated rings. The van der Waals surface area contributed by atoms with Crippen molar-refractivity contribution in [2.45, 2.75) is 51.7 Å². The van der Waals surface area contributed by atoms with Gasteiger partial charge in [-0.1, -0.05) is 0 Å². The van der Waals surface area contributed by atoms with Crippen molar-refractivity contribution < 1.29 is 19.4 Å². The maximum absolute atomic E-state index is 11.6. The van der Waals surface area contributed by atoms with Crippen molar-refractivity contribution in [3.8, 4) is 0 Å². The lowest BCUT2D eigenvalue weighted by molar-refractivity contribution is -0.139. The fourth-order valence-electron chi connectivity index (χ4n) is 1.84. The summed E-state index contributed by atoms with van der Waals surface area (Å²) in [7, 11) is 0. The van der Waals surface area contributed by atoms with E-state index in [1.807, 2.05) is 0 Å². The summed E-state index contributed by atoms with van der Waals surface area (Å²) in [6, 6.07) is 2.48. The summed E-state index contributed by atoms with van der Waals surface area (Å²) in [5.41, 5.74) is 6.41. The Bertz CT molecular complexity index is 526. The molecule has 0 bridgehead atoms. The Morgan fingerprint density at radius 3 is 2.68 bits per heavy atom. The zero-order valence-corrected chi connectivity index (χ0v) is 13.1. The van der Waals surface area contributed by atoms with E-state index in [0.717, 1.165) is 5.69 Å². The summed E-state index contributed by atoms with van der Waals surface area (Å²) in [6.07, 6.45) is 2.25. The van der Waals surface area contributed by atoms with E-state index >= 15 is 0 Å². The van der Waals surface area contributed by atoms with Crippen LogP contribution in [0.4, 0.5) is 10.5 Å². The van der Waals surface area contributed by atoms with Gasteiger partial charge < -0.3 is 20.9 Å². The second kappa shape index (κ2) is 7.63. The highest BCUT2D eigenvalue weighted by Gasteiger charge is 2.23. The molecule has 7 nitrogen and oxygen atoms in total. The predicted molar refractivity (Wildman–Crippen MR) is 82.4 cm³/mol. The van der Waals surface area contributed by atoms with E-state index in [1.165, 1.54) is 0 Å². The number of hydrogen-bond donors (Lipinski definition) is 3. The molecule has 1 heterocycles. The molecule has 1 amide bonds. The lowest BCUT2D eigenvalue weighted by Gasteiger charge is -2.22. The fourth-order valence-corrected chi connectivity index (χ4v) is 1.84. The summed E-state index contributed by atoms with van der Waals surface area (Å²) in [5, 5.41) is 11.5. The lowest BCUT2D eigenvalue weighted by Crippen LogP contribution is -2.43. The zero-order valence-electron chi connectivity index (χ0n) is 13.1. The number of rotatable bonds is 6. The van der Waals surface area contributed by atoms with E-state index in [1.54, 1.807) is 39.1 Å². The number of aromatic nitrogens is 1. The van der Waals surface area contributed by atoms with Gasteiger partial charge >= 0.3 is 12.1 Å². The van der Waals surface area contributed by atoms with Crippen LogP contribution in [0.3, 0.4) is 0 Å². The highest BCUT2D eigenvalue weighted by atomic mass is 16.6. The molecule has 0 saturated carbocycles. The molecule has 7 heteroatoms. The van der Waals surface area contributed by atoms with E-state index < -0.39 is 23.7 Å². The van der Waals surface area contributed by atoms with Gasteiger partial charge in [-0.3, -0.25) is 4.98 Å². The maximum Gasteiger partial charge on any atom is 0.408 e. The number of anilines is 1. The van der Waals surface area contributed by atoms with Crippen LogP contribution in [0.1, 0.15) is 39.3 Å². The van der Waals surface area contributed by atoms with Crippen molar-refractivity contribution in [3.05, 3.63) is 24.0 Å². The van der Waals surface area contributed by atoms with E-state index in [9.17, 15) is 9.59 Å². The van der Waals surface area contributed by atoms with Gasteiger partial charge in [-0.2, -0.15) is 0 Å². The SMILES string of the molecule is CC(C)(C)OC(=O)N[C@@H](CCCc1ncccc1N)C(=O)O. The molecular weight excluding hydrogens is 286 g/mol. The predicted octanol–water partition coefficient (Wildman–Crippen LogP) is 1.96. The summed E-state index contributed by atoms with van der Waals surface area (Å²) < 4.78 is 5.06. The fraction of sp³-hybridized carbons (Fsp3) is 0.533. The molecule has 1 aromatic heterocycles. The number of carboxylic acids is 1. The van der Waals surface area contributed by atoms with Crippen LogP contribution in [0, 0.1) is 0 Å². The Morgan fingerprint density at radius 2 is 2.14 bits per heavy atom. The number of nitrogens with one attached hydrogen (secondary N) is 1. The van der Waals surface area contributed by atoms with E-state index in [0.29, 0.717) is 18.5 Å². The van der Waals surface area contributed by atoms with Gasteiger partial charge in [0, 0.05) is 6.20 Å². The van der Waals surface area contributed by atoms with Gasteiger partial charge in [0.15, 0.2) is 0 Å². The summed E-state index contributed by atoms with van der Waals surface area (Å²) in [4.78, 5) is 27.0. The molecule has 0 unspecified atom stereocenters. The number of pyridine rings is 1. The minimum absolute atomic E-state index is 0.268. The van der Waals surface area contributed by atoms with Crippen molar-refractivity contribution in [1.29, 1.82) is 0 Å². The first-order chi connectivity index (χ1) is 10.2. The van der Waals surface area contributed by atoms with Crippen LogP contribution in [-0.2, 0) is 16.0 Å². The third kappa shape index (κ3) is 6.43. The first kappa shape index (κ1) is 17.7. The molecule has 4 N–H and O–H groups in total. The first-order valence-corrected chi connectivity index (χ1v) is 7.11. The molecule has 0 aromatic carbocycles. The zero-order chi connectivity index (χ0) is 16.8. The van der Waals surface area contributed by atoms with E-state index in [2.05, 4.69) is 10.3 Å². The molecule has 0 aliphatic carbocycles. The van der Waals surface area contributed by atoms with Crippen molar-refractivity contribution in [3.63, 3.8) is 0 Å². The van der Waals surface area contributed by atoms with Crippen LogP contribution in [0.25, 0.3) is 0 Å². The number of carboxylic acid groups (broad SMARTS) is 1. The van der Waals surface area contributed by atoms with Gasteiger partial charge in [-0.05, 0) is 52.2 Å². The standard InChI is InChI=1S/C15H23N3O4/c1-15(2,3)22-14(21)18-12(13(19)20)8-4-7-11-10(16)6-5-9-17-11/h5-6,9,12H,4,7-8,16H2,1-3H3,(H,18,21)(H,19,20)/t12-/m0/s1. The number of carbonyl (C=O) groups is 2. The minimum atomic E-state index is -1.10. The van der Waals surface area contributed by atoms with Gasteiger partial charge in [0.25, 0.3) is 0 Å². The molecule has 122 valence electrons. The largest absolute Gasteiger partial charge is 0.480 e. The molecule has 22 heavy (non-hydrogen) atoms. The number of nitrogen functional groups attached to an aromatic ring is 1. The highest BCUT2D eigenvalue weighted by molar-refractivity contribution is 5.79. The number of nitrogens with two attached hydrogens (primary N) is 1. The van der Waals surface area contributed by atoms with Crippen LogP contribution in [0.15, 0.2) is 18.3 Å². The van der Waals surface area contributed by atoms with E-state index in [-0.39, 0.29) is 6.42 Å². The number of ether oxygens (including phenoxy) is 1. The van der Waals surface area contributed by atoms with Crippen molar-refractivity contribution in [2.75, 3.05) is 5.73 Å². The summed E-state index contributed by atoms with van der Waals surface area (Å²) >= 11 is 0. The molecule has 0 spiro atoms. The second-order valence-electron chi connectivity index (χ2n) is 5.97. The van der Waals surface area contributed by atoms with Gasteiger partial charge in [-0.15, -0.1) is 0 Å². The number of amides is 1. The van der Waals surface area contributed by atoms with Crippen LogP contribution in [-0.4, -0.2) is 33.8 Å². The van der Waals surface area contributed by atoms with Gasteiger partial charge in [-0.25, -0.2) is 9.59 Å². The average Bonchev–Trinajstić information content (AvgIpc) is 2.37. The first-order valence-electron chi connectivity index (χ1n) is 7.11. The van der Waals surface area contributed by atoms with Crippen LogP contribution in [0.2, 0.25) is 0 Å². The van der Waals surface area contributed by atoms with Gasteiger partial charge in [0.2, 0.25) is 0 Å². The molecule has 1 aromatic rings. The third-order valence-electron chi connectivity index (χ3n) is 2.82. The molecule has 0 saturated heterocycles. The Balaban J connectivity index is 2.50. The lowest BCUT2D eigenvalue weighted by atomic mass is 10.1. The smallest absolute Gasteiger partial charge is 0.408 e. The highest BCUT2D eigenvalue weighted by Crippen LogP contribution is 2.12. The normalized spacial score (nSPS) is 12.5.